The van der Waals surface area contributed by atoms with Gasteiger partial charge >= 0.3 is 5.69 Å². The molecule has 1 saturated heterocycles. The van der Waals surface area contributed by atoms with Crippen LogP contribution in [0, 0.1) is 6.92 Å². The monoisotopic (exact) mass is 504 g/mol. The van der Waals surface area contributed by atoms with Crippen LogP contribution in [0.1, 0.15) is 61.1 Å². The van der Waals surface area contributed by atoms with E-state index < -0.39 is 17.2 Å². The van der Waals surface area contributed by atoms with E-state index in [0.717, 1.165) is 43.3 Å². The molecule has 2 amide bonds. The number of hydrogen-bond donors (Lipinski definition) is 4. The van der Waals surface area contributed by atoms with Crippen molar-refractivity contribution in [2.45, 2.75) is 70.1 Å². The fraction of sp³-hybridized carbons (Fsp3) is 0.583. The van der Waals surface area contributed by atoms with Gasteiger partial charge in [0.15, 0.2) is 0 Å². The van der Waals surface area contributed by atoms with Crippen LogP contribution in [0.4, 0.5) is 0 Å². The van der Waals surface area contributed by atoms with Crippen molar-refractivity contribution in [3.63, 3.8) is 0 Å². The molecule has 2 aliphatic rings. The molecule has 2 aromatic rings. The molecular weight excluding hydrogens is 472 g/mol. The third-order valence-electron chi connectivity index (χ3n) is 6.83. The van der Waals surface area contributed by atoms with E-state index in [-0.39, 0.29) is 35.6 Å². The van der Waals surface area contributed by atoms with Gasteiger partial charge in [0.25, 0.3) is 5.91 Å². The zero-order chi connectivity index (χ0) is 25.0. The van der Waals surface area contributed by atoms with Crippen molar-refractivity contribution >= 4 is 23.4 Å². The second kappa shape index (κ2) is 10.9. The molecule has 2 fully saturated rings. The van der Waals surface area contributed by atoms with Crippen LogP contribution in [-0.2, 0) is 11.3 Å². The van der Waals surface area contributed by atoms with E-state index in [0.29, 0.717) is 30.9 Å². The lowest BCUT2D eigenvalue weighted by Gasteiger charge is -2.26. The number of nitrogens with zero attached hydrogens (tertiary/aromatic N) is 3. The summed E-state index contributed by atoms with van der Waals surface area (Å²) in [7, 11) is 0. The molecule has 0 bridgehead atoms. The summed E-state index contributed by atoms with van der Waals surface area (Å²) in [6.45, 7) is 3.23. The molecule has 0 radical (unpaired) electrons. The Hall–Kier alpha value is -2.69. The lowest BCUT2D eigenvalue weighted by Crippen LogP contribution is -2.42. The average Bonchev–Trinajstić information content (AvgIpc) is 3.36. The first-order valence-electron chi connectivity index (χ1n) is 12.2. The van der Waals surface area contributed by atoms with Gasteiger partial charge in [-0.2, -0.15) is 9.78 Å². The van der Waals surface area contributed by atoms with Gasteiger partial charge in [-0.25, -0.2) is 4.79 Å². The Morgan fingerprint density at radius 2 is 2.00 bits per heavy atom. The molecule has 1 aliphatic carbocycles. The Balaban J connectivity index is 1.48. The van der Waals surface area contributed by atoms with Crippen molar-refractivity contribution in [1.82, 2.24) is 30.3 Å². The van der Waals surface area contributed by atoms with Gasteiger partial charge in [0.2, 0.25) is 5.91 Å². The number of aryl methyl sites for hydroxylation is 1. The third-order valence-corrected chi connectivity index (χ3v) is 7.16. The number of amides is 2. The number of carbonyl (C=O) groups excluding carboxylic acids is 2. The van der Waals surface area contributed by atoms with Crippen molar-refractivity contribution in [2.75, 3.05) is 19.6 Å². The van der Waals surface area contributed by atoms with E-state index in [2.05, 4.69) is 21.0 Å². The largest absolute Gasteiger partial charge is 0.388 e. The first kappa shape index (κ1) is 25.4. The van der Waals surface area contributed by atoms with Crippen LogP contribution in [0.2, 0.25) is 5.02 Å². The van der Waals surface area contributed by atoms with Crippen LogP contribution >= 0.6 is 11.6 Å². The van der Waals surface area contributed by atoms with Crippen LogP contribution < -0.4 is 21.6 Å². The highest BCUT2D eigenvalue weighted by atomic mass is 35.5. The van der Waals surface area contributed by atoms with Gasteiger partial charge in [-0.1, -0.05) is 37.3 Å². The quantitative estimate of drug-likeness (QED) is 0.420. The molecule has 4 N–H and O–H groups in total. The summed E-state index contributed by atoms with van der Waals surface area (Å²) in [6, 6.07) is 4.69. The van der Waals surface area contributed by atoms with Crippen LogP contribution in [0.5, 0.6) is 0 Å². The summed E-state index contributed by atoms with van der Waals surface area (Å²) >= 11 is 6.29. The van der Waals surface area contributed by atoms with Crippen molar-refractivity contribution in [3.8, 4) is 5.69 Å². The molecule has 2 heterocycles. The summed E-state index contributed by atoms with van der Waals surface area (Å²) in [5.41, 5.74) is -0.853. The minimum absolute atomic E-state index is 0.0573. The van der Waals surface area contributed by atoms with Crippen LogP contribution in [0.3, 0.4) is 0 Å². The highest BCUT2D eigenvalue weighted by molar-refractivity contribution is 6.33. The number of benzene rings is 1. The van der Waals surface area contributed by atoms with Gasteiger partial charge < -0.3 is 21.1 Å². The average molecular weight is 505 g/mol. The molecule has 35 heavy (non-hydrogen) atoms. The molecule has 1 aliphatic heterocycles. The van der Waals surface area contributed by atoms with Crippen molar-refractivity contribution in [1.29, 1.82) is 0 Å². The van der Waals surface area contributed by atoms with E-state index in [4.69, 9.17) is 11.6 Å². The Morgan fingerprint density at radius 1 is 1.26 bits per heavy atom. The Kier molecular flexibility index (Phi) is 7.93. The number of aromatic nitrogens is 3. The van der Waals surface area contributed by atoms with Gasteiger partial charge in [-0.15, -0.1) is 0 Å². The highest BCUT2D eigenvalue weighted by Crippen LogP contribution is 2.27. The summed E-state index contributed by atoms with van der Waals surface area (Å²) in [5.74, 6) is -0.300. The number of carbonyl (C=O) groups is 2. The minimum atomic E-state index is -0.918. The van der Waals surface area contributed by atoms with E-state index >= 15 is 0 Å². The molecule has 190 valence electrons. The third kappa shape index (κ3) is 6.12. The predicted molar refractivity (Wildman–Crippen MR) is 132 cm³/mol. The summed E-state index contributed by atoms with van der Waals surface area (Å²) in [6.07, 6.45) is 6.20. The van der Waals surface area contributed by atoms with E-state index in [1.807, 2.05) is 0 Å². The molecule has 1 aromatic heterocycles. The van der Waals surface area contributed by atoms with Crippen molar-refractivity contribution in [3.05, 3.63) is 45.1 Å². The number of hydrogen-bond acceptors (Lipinski definition) is 6. The first-order valence-corrected chi connectivity index (χ1v) is 12.6. The summed E-state index contributed by atoms with van der Waals surface area (Å²) < 4.78 is 2.46. The Morgan fingerprint density at radius 3 is 2.69 bits per heavy atom. The van der Waals surface area contributed by atoms with E-state index in [1.165, 1.54) is 16.7 Å². The Labute approximate surface area is 209 Å². The van der Waals surface area contributed by atoms with Gasteiger partial charge in [0.1, 0.15) is 12.4 Å². The molecule has 0 spiro atoms. The zero-order valence-electron chi connectivity index (χ0n) is 20.0. The second-order valence-electron chi connectivity index (χ2n) is 9.57. The number of aliphatic hydroxyl groups is 1. The van der Waals surface area contributed by atoms with Crippen LogP contribution in [0.25, 0.3) is 5.69 Å². The fourth-order valence-electron chi connectivity index (χ4n) is 4.76. The predicted octanol–water partition coefficient (Wildman–Crippen LogP) is 1.29. The maximum Gasteiger partial charge on any atom is 0.351 e. The summed E-state index contributed by atoms with van der Waals surface area (Å²) in [4.78, 5) is 38.4. The second-order valence-corrected chi connectivity index (χ2v) is 9.98. The highest BCUT2D eigenvalue weighted by Gasteiger charge is 2.29. The smallest absolute Gasteiger partial charge is 0.351 e. The number of halogens is 1. The molecular formula is C24H33ClN6O4. The molecule has 1 aromatic carbocycles. The molecule has 1 unspecified atom stereocenters. The maximum absolute atomic E-state index is 13.0. The topological polar surface area (TPSA) is 130 Å². The van der Waals surface area contributed by atoms with Gasteiger partial charge in [0.05, 0.1) is 21.9 Å². The van der Waals surface area contributed by atoms with Gasteiger partial charge in [-0.05, 0) is 50.9 Å². The molecule has 10 nitrogen and oxygen atoms in total. The normalized spacial score (nSPS) is 19.8. The fourth-order valence-corrected chi connectivity index (χ4v) is 4.97. The number of rotatable bonds is 7. The molecule has 4 rings (SSSR count). The van der Waals surface area contributed by atoms with Crippen LogP contribution in [-0.4, -0.2) is 62.5 Å². The van der Waals surface area contributed by atoms with Gasteiger partial charge in [-0.3, -0.25) is 14.2 Å². The minimum Gasteiger partial charge on any atom is -0.388 e. The molecule has 1 saturated carbocycles. The lowest BCUT2D eigenvalue weighted by atomic mass is 9.94. The van der Waals surface area contributed by atoms with Crippen molar-refractivity contribution < 1.29 is 14.7 Å². The Bertz CT molecular complexity index is 1130. The zero-order valence-corrected chi connectivity index (χ0v) is 20.7. The van der Waals surface area contributed by atoms with Crippen LogP contribution in [0.15, 0.2) is 23.0 Å². The van der Waals surface area contributed by atoms with Gasteiger partial charge in [0, 0.05) is 19.1 Å². The molecule has 1 atom stereocenters. The standard InChI is InChI=1S/C24H33ClN6O4/c1-16-29-31(23(34)30(16)14-21(32)28-17-8-11-26-13-17)18-6-7-20(25)19(12-18)22(33)27-15-24(35)9-4-2-3-5-10-24/h6-7,12,17,26,35H,2-5,8-11,13-15H2,1H3,(H,27,33)(H,28,32). The lowest BCUT2D eigenvalue weighted by molar-refractivity contribution is -0.122. The summed E-state index contributed by atoms with van der Waals surface area (Å²) in [5, 5.41) is 24.3. The first-order chi connectivity index (χ1) is 16.8. The van der Waals surface area contributed by atoms with Crippen molar-refractivity contribution in [2.24, 2.45) is 0 Å². The number of nitrogens with one attached hydrogen (secondary N) is 3. The van der Waals surface area contributed by atoms with E-state index in [9.17, 15) is 19.5 Å². The van der Waals surface area contributed by atoms with E-state index in [1.54, 1.807) is 13.0 Å². The maximum atomic E-state index is 13.0. The SMILES string of the molecule is Cc1nn(-c2ccc(Cl)c(C(=O)NCC3(O)CCCCCC3)c2)c(=O)n1CC(=O)NC1CCNC1. The molecule has 11 heteroatoms.